The number of thiazole rings is 1. The minimum atomic E-state index is -2.97. The van der Waals surface area contributed by atoms with Gasteiger partial charge in [-0.05, 0) is 38.4 Å². The first-order valence-electron chi connectivity index (χ1n) is 9.54. The number of benzene rings is 1. The lowest BCUT2D eigenvalue weighted by atomic mass is 10.2. The first kappa shape index (κ1) is 20.2. The highest BCUT2D eigenvalue weighted by Crippen LogP contribution is 2.29. The van der Waals surface area contributed by atoms with Crippen LogP contribution in [0.25, 0.3) is 10.2 Å². The fraction of sp³-hybridized carbons (Fsp3) is 0.579. The van der Waals surface area contributed by atoms with E-state index in [-0.39, 0.29) is 30.0 Å². The molecule has 2 heterocycles. The molecule has 2 aromatic rings. The molecule has 1 amide bonds. The number of hydrogen-bond donors (Lipinski definition) is 0. The molecule has 1 saturated heterocycles. The molecule has 27 heavy (non-hydrogen) atoms. The topological polar surface area (TPSA) is 70.6 Å². The van der Waals surface area contributed by atoms with Gasteiger partial charge in [-0.3, -0.25) is 14.6 Å². The van der Waals surface area contributed by atoms with Gasteiger partial charge >= 0.3 is 0 Å². The molecule has 1 aromatic carbocycles. The van der Waals surface area contributed by atoms with Gasteiger partial charge in [0, 0.05) is 12.6 Å². The molecule has 0 spiro atoms. The van der Waals surface area contributed by atoms with Crippen LogP contribution in [0.3, 0.4) is 0 Å². The lowest BCUT2D eigenvalue weighted by Gasteiger charge is -2.29. The van der Waals surface area contributed by atoms with Gasteiger partial charge in [0.15, 0.2) is 15.0 Å². The highest BCUT2D eigenvalue weighted by atomic mass is 32.2. The van der Waals surface area contributed by atoms with Gasteiger partial charge in [0.25, 0.3) is 0 Å². The van der Waals surface area contributed by atoms with Crippen LogP contribution >= 0.6 is 11.3 Å². The van der Waals surface area contributed by atoms with Gasteiger partial charge < -0.3 is 0 Å². The Hall–Kier alpha value is -1.51. The van der Waals surface area contributed by atoms with E-state index in [0.717, 1.165) is 29.6 Å². The standard InChI is InChI=1S/C19H27N3O3S2/c1-3-5-11-21(15-10-12-27(24,25)14-15)13-18(23)22(4-2)19-20-16-8-6-7-9-17(16)26-19/h6-9,15H,3-5,10-14H2,1-2H3. The Kier molecular flexibility index (Phi) is 6.49. The van der Waals surface area contributed by atoms with Crippen molar-refractivity contribution >= 4 is 42.4 Å². The quantitative estimate of drug-likeness (QED) is 0.670. The predicted molar refractivity (Wildman–Crippen MR) is 111 cm³/mol. The number of rotatable bonds is 8. The summed E-state index contributed by atoms with van der Waals surface area (Å²) in [4.78, 5) is 21.4. The predicted octanol–water partition coefficient (Wildman–Crippen LogP) is 2.94. The lowest BCUT2D eigenvalue weighted by Crippen LogP contribution is -2.45. The molecule has 0 radical (unpaired) electrons. The smallest absolute Gasteiger partial charge is 0.242 e. The molecule has 0 saturated carbocycles. The normalized spacial score (nSPS) is 19.0. The van der Waals surface area contributed by atoms with Gasteiger partial charge in [-0.1, -0.05) is 36.8 Å². The summed E-state index contributed by atoms with van der Waals surface area (Å²) in [5.74, 6) is 0.373. The van der Waals surface area contributed by atoms with Crippen LogP contribution in [-0.2, 0) is 14.6 Å². The van der Waals surface area contributed by atoms with Crippen molar-refractivity contribution in [3.8, 4) is 0 Å². The maximum Gasteiger partial charge on any atom is 0.242 e. The number of hydrogen-bond acceptors (Lipinski definition) is 6. The van der Waals surface area contributed by atoms with Crippen molar-refractivity contribution in [2.45, 2.75) is 39.2 Å². The Morgan fingerprint density at radius 3 is 2.70 bits per heavy atom. The number of amides is 1. The van der Waals surface area contributed by atoms with Crippen LogP contribution in [-0.4, -0.2) is 61.4 Å². The zero-order chi connectivity index (χ0) is 19.4. The summed E-state index contributed by atoms with van der Waals surface area (Å²) < 4.78 is 24.8. The van der Waals surface area contributed by atoms with E-state index in [0.29, 0.717) is 18.1 Å². The molecule has 0 aliphatic carbocycles. The van der Waals surface area contributed by atoms with Gasteiger partial charge in [-0.15, -0.1) is 0 Å². The third-order valence-electron chi connectivity index (χ3n) is 4.99. The highest BCUT2D eigenvalue weighted by molar-refractivity contribution is 7.91. The van der Waals surface area contributed by atoms with Crippen molar-refractivity contribution in [1.82, 2.24) is 9.88 Å². The molecular formula is C19H27N3O3S2. The molecule has 1 aliphatic rings. The summed E-state index contributed by atoms with van der Waals surface area (Å²) in [5.41, 5.74) is 0.897. The average molecular weight is 410 g/mol. The molecule has 1 fully saturated rings. The summed E-state index contributed by atoms with van der Waals surface area (Å²) in [5, 5.41) is 0.707. The second-order valence-electron chi connectivity index (χ2n) is 6.98. The van der Waals surface area contributed by atoms with E-state index in [9.17, 15) is 13.2 Å². The molecule has 1 aromatic heterocycles. The number of aromatic nitrogens is 1. The van der Waals surface area contributed by atoms with Crippen molar-refractivity contribution in [3.63, 3.8) is 0 Å². The number of nitrogens with zero attached hydrogens (tertiary/aromatic N) is 3. The maximum atomic E-state index is 13.0. The summed E-state index contributed by atoms with van der Waals surface area (Å²) in [7, 11) is -2.97. The summed E-state index contributed by atoms with van der Waals surface area (Å²) in [6.07, 6.45) is 2.59. The average Bonchev–Trinajstić information content (AvgIpc) is 3.22. The van der Waals surface area contributed by atoms with Gasteiger partial charge in [-0.2, -0.15) is 0 Å². The van der Waals surface area contributed by atoms with Gasteiger partial charge in [0.1, 0.15) is 0 Å². The van der Waals surface area contributed by atoms with E-state index < -0.39 is 9.84 Å². The number of para-hydroxylation sites is 1. The van der Waals surface area contributed by atoms with Crippen LogP contribution in [0.5, 0.6) is 0 Å². The highest BCUT2D eigenvalue weighted by Gasteiger charge is 2.33. The van der Waals surface area contributed by atoms with E-state index in [1.165, 1.54) is 11.3 Å². The third-order valence-corrected chi connectivity index (χ3v) is 7.80. The van der Waals surface area contributed by atoms with Crippen LogP contribution < -0.4 is 4.90 Å². The molecule has 148 valence electrons. The molecule has 1 atom stereocenters. The number of carbonyl (C=O) groups is 1. The van der Waals surface area contributed by atoms with Crippen molar-refractivity contribution in [2.75, 3.05) is 36.0 Å². The number of likely N-dealkylation sites (N-methyl/N-ethyl adjacent to an activating group) is 1. The van der Waals surface area contributed by atoms with Crippen LogP contribution in [0.1, 0.15) is 33.1 Å². The molecule has 0 N–H and O–H groups in total. The Bertz CT molecular complexity index is 861. The SMILES string of the molecule is CCCCN(CC(=O)N(CC)c1nc2ccccc2s1)C1CCS(=O)(=O)C1. The Labute approximate surface area is 165 Å². The van der Waals surface area contributed by atoms with Crippen molar-refractivity contribution in [1.29, 1.82) is 0 Å². The molecular weight excluding hydrogens is 382 g/mol. The van der Waals surface area contributed by atoms with Gasteiger partial charge in [-0.25, -0.2) is 13.4 Å². The first-order chi connectivity index (χ1) is 12.9. The van der Waals surface area contributed by atoms with E-state index in [1.807, 2.05) is 31.2 Å². The molecule has 0 bridgehead atoms. The maximum absolute atomic E-state index is 13.0. The number of sulfone groups is 1. The summed E-state index contributed by atoms with van der Waals surface area (Å²) in [6.45, 7) is 5.58. The Morgan fingerprint density at radius 1 is 1.30 bits per heavy atom. The minimum Gasteiger partial charge on any atom is -0.290 e. The summed E-state index contributed by atoms with van der Waals surface area (Å²) >= 11 is 1.51. The largest absolute Gasteiger partial charge is 0.290 e. The lowest BCUT2D eigenvalue weighted by molar-refractivity contribution is -0.120. The van der Waals surface area contributed by atoms with E-state index in [4.69, 9.17) is 0 Å². The monoisotopic (exact) mass is 409 g/mol. The van der Waals surface area contributed by atoms with Gasteiger partial charge in [0.2, 0.25) is 5.91 Å². The van der Waals surface area contributed by atoms with E-state index in [2.05, 4.69) is 16.8 Å². The van der Waals surface area contributed by atoms with E-state index in [1.54, 1.807) is 4.90 Å². The molecule has 6 nitrogen and oxygen atoms in total. The zero-order valence-corrected chi connectivity index (χ0v) is 17.6. The Morgan fingerprint density at radius 2 is 2.07 bits per heavy atom. The van der Waals surface area contributed by atoms with Crippen molar-refractivity contribution in [3.05, 3.63) is 24.3 Å². The number of carbonyl (C=O) groups excluding carboxylic acids is 1. The zero-order valence-electron chi connectivity index (χ0n) is 15.9. The van der Waals surface area contributed by atoms with Crippen molar-refractivity contribution < 1.29 is 13.2 Å². The second kappa shape index (κ2) is 8.67. The fourth-order valence-electron chi connectivity index (χ4n) is 3.47. The molecule has 1 unspecified atom stereocenters. The number of anilines is 1. The molecule has 8 heteroatoms. The summed E-state index contributed by atoms with van der Waals surface area (Å²) in [6, 6.07) is 7.81. The molecule has 1 aliphatic heterocycles. The molecule has 3 rings (SSSR count). The third kappa shape index (κ3) is 4.86. The number of unbranched alkanes of at least 4 members (excludes halogenated alkanes) is 1. The second-order valence-corrected chi connectivity index (χ2v) is 10.2. The first-order valence-corrected chi connectivity index (χ1v) is 12.2. The van der Waals surface area contributed by atoms with Crippen LogP contribution in [0.4, 0.5) is 5.13 Å². The van der Waals surface area contributed by atoms with Crippen LogP contribution in [0, 0.1) is 0 Å². The fourth-order valence-corrected chi connectivity index (χ4v) is 6.28. The Balaban J connectivity index is 1.76. The van der Waals surface area contributed by atoms with Crippen LogP contribution in [0.2, 0.25) is 0 Å². The minimum absolute atomic E-state index is 0.0167. The van der Waals surface area contributed by atoms with Gasteiger partial charge in [0.05, 0.1) is 28.3 Å². The van der Waals surface area contributed by atoms with Crippen LogP contribution in [0.15, 0.2) is 24.3 Å². The van der Waals surface area contributed by atoms with E-state index >= 15 is 0 Å². The van der Waals surface area contributed by atoms with Crippen molar-refractivity contribution in [2.24, 2.45) is 0 Å². The number of fused-ring (bicyclic) bond motifs is 1.